The summed E-state index contributed by atoms with van der Waals surface area (Å²) in [5.74, 6) is 1.13. The molecular weight excluding hydrogens is 292 g/mol. The molecule has 0 saturated carbocycles. The molecule has 0 radical (unpaired) electrons. The molecule has 1 aromatic heterocycles. The van der Waals surface area contributed by atoms with E-state index >= 15 is 0 Å². The van der Waals surface area contributed by atoms with Gasteiger partial charge in [-0.2, -0.15) is 0 Å². The van der Waals surface area contributed by atoms with Gasteiger partial charge in [-0.15, -0.1) is 0 Å². The van der Waals surface area contributed by atoms with Crippen molar-refractivity contribution >= 4 is 11.6 Å². The number of hydrogen-bond acceptors (Lipinski definition) is 4. The number of aryl methyl sites for hydroxylation is 1. The molecule has 1 amide bonds. The smallest absolute Gasteiger partial charge is 0.227 e. The Kier molecular flexibility index (Phi) is 5.34. The van der Waals surface area contributed by atoms with Crippen molar-refractivity contribution in [2.24, 2.45) is 0 Å². The summed E-state index contributed by atoms with van der Waals surface area (Å²) in [6.07, 6.45) is 1.96. The van der Waals surface area contributed by atoms with E-state index in [0.717, 1.165) is 11.3 Å². The van der Waals surface area contributed by atoms with E-state index in [4.69, 9.17) is 9.47 Å². The third-order valence-electron chi connectivity index (χ3n) is 3.47. The van der Waals surface area contributed by atoms with Gasteiger partial charge in [0.25, 0.3) is 0 Å². The molecule has 122 valence electrons. The number of amides is 1. The first-order valence-corrected chi connectivity index (χ1v) is 7.44. The number of anilines is 1. The number of methoxy groups -OCH3 is 1. The van der Waals surface area contributed by atoms with E-state index in [2.05, 4.69) is 10.3 Å². The number of rotatable bonds is 6. The monoisotopic (exact) mass is 314 g/mol. The van der Waals surface area contributed by atoms with Gasteiger partial charge in [0.15, 0.2) is 0 Å². The molecule has 2 aromatic rings. The van der Waals surface area contributed by atoms with Crippen LogP contribution in [0.4, 0.5) is 5.69 Å². The molecule has 0 aliphatic heterocycles. The molecule has 5 heteroatoms. The molecule has 0 aliphatic rings. The third-order valence-corrected chi connectivity index (χ3v) is 3.47. The predicted octanol–water partition coefficient (Wildman–Crippen LogP) is 3.94. The summed E-state index contributed by atoms with van der Waals surface area (Å²) in [4.78, 5) is 16.2. The van der Waals surface area contributed by atoms with E-state index in [1.807, 2.05) is 45.0 Å². The Bertz CT molecular complexity index is 669. The van der Waals surface area contributed by atoms with Gasteiger partial charge < -0.3 is 14.8 Å². The number of carbonyl (C=O) groups is 1. The first-order chi connectivity index (χ1) is 10.9. The van der Waals surface area contributed by atoms with Crippen LogP contribution < -0.4 is 10.1 Å². The van der Waals surface area contributed by atoms with Crippen LogP contribution in [0.1, 0.15) is 25.8 Å². The maximum absolute atomic E-state index is 12.1. The Morgan fingerprint density at radius 2 is 2.04 bits per heavy atom. The number of nitrogens with one attached hydrogen (secondary N) is 1. The van der Waals surface area contributed by atoms with Crippen molar-refractivity contribution in [3.8, 4) is 11.6 Å². The summed E-state index contributed by atoms with van der Waals surface area (Å²) >= 11 is 0. The van der Waals surface area contributed by atoms with Gasteiger partial charge in [0.1, 0.15) is 5.75 Å². The van der Waals surface area contributed by atoms with Crippen molar-refractivity contribution in [1.82, 2.24) is 4.98 Å². The maximum atomic E-state index is 12.1. The molecule has 1 N–H and O–H groups in total. The van der Waals surface area contributed by atoms with E-state index in [-0.39, 0.29) is 12.3 Å². The second kappa shape index (κ2) is 7.24. The number of benzene rings is 1. The molecule has 23 heavy (non-hydrogen) atoms. The van der Waals surface area contributed by atoms with Crippen molar-refractivity contribution < 1.29 is 14.3 Å². The fraction of sp³-hybridized carbons (Fsp3) is 0.333. The SMILES string of the molecule is COC(C)(C)CC(=O)Nc1ccc(Oc2ccccn2)cc1C. The minimum atomic E-state index is -0.486. The van der Waals surface area contributed by atoms with E-state index in [0.29, 0.717) is 11.6 Å². The molecule has 1 aromatic carbocycles. The summed E-state index contributed by atoms with van der Waals surface area (Å²) in [6, 6.07) is 11.0. The molecule has 1 heterocycles. The molecule has 0 atom stereocenters. The van der Waals surface area contributed by atoms with Crippen molar-refractivity contribution in [1.29, 1.82) is 0 Å². The van der Waals surface area contributed by atoms with Crippen molar-refractivity contribution in [3.63, 3.8) is 0 Å². The molecule has 0 unspecified atom stereocenters. The number of ether oxygens (including phenoxy) is 2. The van der Waals surface area contributed by atoms with Gasteiger partial charge >= 0.3 is 0 Å². The van der Waals surface area contributed by atoms with Crippen LogP contribution in [0.5, 0.6) is 11.6 Å². The van der Waals surface area contributed by atoms with Crippen molar-refractivity contribution in [2.75, 3.05) is 12.4 Å². The van der Waals surface area contributed by atoms with E-state index in [1.54, 1.807) is 25.4 Å². The van der Waals surface area contributed by atoms with Crippen molar-refractivity contribution in [2.45, 2.75) is 32.8 Å². The topological polar surface area (TPSA) is 60.5 Å². The highest BCUT2D eigenvalue weighted by Crippen LogP contribution is 2.25. The van der Waals surface area contributed by atoms with E-state index in [1.165, 1.54) is 0 Å². The molecule has 0 saturated heterocycles. The Morgan fingerprint density at radius 3 is 2.65 bits per heavy atom. The summed E-state index contributed by atoms with van der Waals surface area (Å²) in [5, 5.41) is 2.90. The lowest BCUT2D eigenvalue weighted by atomic mass is 10.0. The highest BCUT2D eigenvalue weighted by Gasteiger charge is 2.21. The van der Waals surface area contributed by atoms with Crippen LogP contribution in [0, 0.1) is 6.92 Å². The second-order valence-electron chi connectivity index (χ2n) is 5.94. The molecule has 0 aliphatic carbocycles. The lowest BCUT2D eigenvalue weighted by Gasteiger charge is -2.22. The Hall–Kier alpha value is -2.40. The lowest BCUT2D eigenvalue weighted by Crippen LogP contribution is -2.29. The Morgan fingerprint density at radius 1 is 1.26 bits per heavy atom. The highest BCUT2D eigenvalue weighted by molar-refractivity contribution is 5.92. The minimum Gasteiger partial charge on any atom is -0.439 e. The third kappa shape index (κ3) is 5.07. The zero-order valence-electron chi connectivity index (χ0n) is 13.9. The van der Waals surface area contributed by atoms with E-state index < -0.39 is 5.60 Å². The zero-order chi connectivity index (χ0) is 16.9. The normalized spacial score (nSPS) is 11.1. The standard InChI is InChI=1S/C18H22N2O3/c1-13-11-14(23-17-7-5-6-10-19-17)8-9-15(13)20-16(21)12-18(2,3)22-4/h5-11H,12H2,1-4H3,(H,20,21). The Labute approximate surface area is 136 Å². The van der Waals surface area contributed by atoms with E-state index in [9.17, 15) is 4.79 Å². The molecule has 5 nitrogen and oxygen atoms in total. The van der Waals surface area contributed by atoms with Crippen LogP contribution in [-0.4, -0.2) is 23.6 Å². The van der Waals surface area contributed by atoms with Crippen LogP contribution in [-0.2, 0) is 9.53 Å². The molecule has 2 rings (SSSR count). The van der Waals surface area contributed by atoms with Crippen LogP contribution in [0.3, 0.4) is 0 Å². The summed E-state index contributed by atoms with van der Waals surface area (Å²) in [6.45, 7) is 5.68. The lowest BCUT2D eigenvalue weighted by molar-refractivity contribution is -0.121. The molecule has 0 bridgehead atoms. The van der Waals surface area contributed by atoms with Gasteiger partial charge in [0.05, 0.1) is 12.0 Å². The van der Waals surface area contributed by atoms with Crippen LogP contribution in [0.2, 0.25) is 0 Å². The van der Waals surface area contributed by atoms with Crippen LogP contribution >= 0.6 is 0 Å². The van der Waals surface area contributed by atoms with Gasteiger partial charge in [-0.25, -0.2) is 4.98 Å². The first kappa shape index (κ1) is 17.0. The number of pyridine rings is 1. The highest BCUT2D eigenvalue weighted by atomic mass is 16.5. The van der Waals surface area contributed by atoms with Crippen molar-refractivity contribution in [3.05, 3.63) is 48.2 Å². The average Bonchev–Trinajstić information content (AvgIpc) is 2.50. The summed E-state index contributed by atoms with van der Waals surface area (Å²) in [5.41, 5.74) is 1.19. The zero-order valence-corrected chi connectivity index (χ0v) is 13.9. The second-order valence-corrected chi connectivity index (χ2v) is 5.94. The fourth-order valence-electron chi connectivity index (χ4n) is 2.02. The number of nitrogens with zero attached hydrogens (tertiary/aromatic N) is 1. The number of hydrogen-bond donors (Lipinski definition) is 1. The summed E-state index contributed by atoms with van der Waals surface area (Å²) in [7, 11) is 1.60. The van der Waals surface area contributed by atoms with Gasteiger partial charge in [-0.05, 0) is 50.6 Å². The molecule has 0 spiro atoms. The van der Waals surface area contributed by atoms with Gasteiger partial charge in [0, 0.05) is 25.1 Å². The summed E-state index contributed by atoms with van der Waals surface area (Å²) < 4.78 is 10.9. The van der Waals surface area contributed by atoms with Gasteiger partial charge in [0.2, 0.25) is 11.8 Å². The number of aromatic nitrogens is 1. The van der Waals surface area contributed by atoms with Gasteiger partial charge in [-0.3, -0.25) is 4.79 Å². The van der Waals surface area contributed by atoms with Crippen LogP contribution in [0.15, 0.2) is 42.6 Å². The fourth-order valence-corrected chi connectivity index (χ4v) is 2.02. The first-order valence-electron chi connectivity index (χ1n) is 7.44. The largest absolute Gasteiger partial charge is 0.439 e. The molecule has 0 fully saturated rings. The predicted molar refractivity (Wildman–Crippen MR) is 89.8 cm³/mol. The average molecular weight is 314 g/mol. The Balaban J connectivity index is 2.03. The van der Waals surface area contributed by atoms with Gasteiger partial charge in [-0.1, -0.05) is 6.07 Å². The molecular formula is C18H22N2O3. The maximum Gasteiger partial charge on any atom is 0.227 e. The number of carbonyl (C=O) groups excluding carboxylic acids is 1. The van der Waals surface area contributed by atoms with Crippen LogP contribution in [0.25, 0.3) is 0 Å². The minimum absolute atomic E-state index is 0.0849. The quantitative estimate of drug-likeness (QED) is 0.877.